The van der Waals surface area contributed by atoms with Gasteiger partial charge in [-0.05, 0) is 72.5 Å². The Hall–Kier alpha value is -5.66. The Morgan fingerprint density at radius 1 is 0.978 bits per heavy atom. The lowest BCUT2D eigenvalue weighted by atomic mass is 10.1. The number of halogens is 4. The van der Waals surface area contributed by atoms with Gasteiger partial charge in [0.15, 0.2) is 17.3 Å². The molecular formula is C31H23F4N9O. The summed E-state index contributed by atoms with van der Waals surface area (Å²) >= 11 is 0. The Morgan fingerprint density at radius 2 is 1.84 bits per heavy atom. The molecular weight excluding hydrogens is 590 g/mol. The quantitative estimate of drug-likeness (QED) is 0.213. The van der Waals surface area contributed by atoms with Crippen LogP contribution in [0.4, 0.5) is 23.4 Å². The van der Waals surface area contributed by atoms with Gasteiger partial charge < -0.3 is 11.1 Å². The van der Waals surface area contributed by atoms with Crippen LogP contribution in [0.25, 0.3) is 34.1 Å². The Labute approximate surface area is 252 Å². The molecule has 0 bridgehead atoms. The number of hydrogen-bond donors (Lipinski definition) is 2. The van der Waals surface area contributed by atoms with Gasteiger partial charge in [0.2, 0.25) is 0 Å². The first kappa shape index (κ1) is 28.1. The average molecular weight is 614 g/mol. The van der Waals surface area contributed by atoms with Gasteiger partial charge >= 0.3 is 0 Å². The van der Waals surface area contributed by atoms with Crippen LogP contribution in [0.15, 0.2) is 79.4 Å². The van der Waals surface area contributed by atoms with Crippen LogP contribution in [-0.4, -0.2) is 40.2 Å². The zero-order chi connectivity index (χ0) is 31.2. The van der Waals surface area contributed by atoms with Crippen molar-refractivity contribution in [3.8, 4) is 22.9 Å². The predicted octanol–water partition coefficient (Wildman–Crippen LogP) is 5.94. The zero-order valence-electron chi connectivity index (χ0n) is 23.3. The molecule has 14 heteroatoms. The molecule has 0 saturated carbocycles. The van der Waals surface area contributed by atoms with E-state index in [9.17, 15) is 22.4 Å². The molecule has 226 valence electrons. The molecule has 3 N–H and O–H groups in total. The molecule has 6 aromatic rings. The second-order valence-corrected chi connectivity index (χ2v) is 10.4. The summed E-state index contributed by atoms with van der Waals surface area (Å²) in [5.41, 5.74) is 8.69. The lowest BCUT2D eigenvalue weighted by molar-refractivity contribution is 0.0935. The highest BCUT2D eigenvalue weighted by Gasteiger charge is 2.28. The summed E-state index contributed by atoms with van der Waals surface area (Å²) in [6.45, 7) is 0. The van der Waals surface area contributed by atoms with Gasteiger partial charge in [0.1, 0.15) is 17.0 Å². The molecule has 5 aromatic heterocycles. The summed E-state index contributed by atoms with van der Waals surface area (Å²) in [7, 11) is 0. The first-order chi connectivity index (χ1) is 21.8. The van der Waals surface area contributed by atoms with E-state index in [0.717, 1.165) is 23.4 Å². The molecule has 0 spiro atoms. The van der Waals surface area contributed by atoms with Crippen molar-refractivity contribution in [2.45, 2.75) is 31.7 Å². The van der Waals surface area contributed by atoms with Gasteiger partial charge in [0, 0.05) is 30.5 Å². The van der Waals surface area contributed by atoms with E-state index in [2.05, 4.69) is 25.4 Å². The van der Waals surface area contributed by atoms with E-state index in [1.165, 1.54) is 29.2 Å². The second kappa shape index (κ2) is 11.1. The molecule has 1 aromatic carbocycles. The van der Waals surface area contributed by atoms with E-state index >= 15 is 0 Å². The summed E-state index contributed by atoms with van der Waals surface area (Å²) in [5, 5.41) is 7.12. The molecule has 0 saturated heterocycles. The third-order valence-electron chi connectivity index (χ3n) is 7.73. The lowest BCUT2D eigenvalue weighted by Gasteiger charge is -2.16. The normalized spacial score (nSPS) is 14.4. The number of rotatable bonds is 7. The third kappa shape index (κ3) is 5.03. The minimum absolute atomic E-state index is 0.0104. The Balaban J connectivity index is 1.32. The van der Waals surface area contributed by atoms with Gasteiger partial charge in [-0.3, -0.25) is 14.3 Å². The highest BCUT2D eigenvalue weighted by atomic mass is 19.3. The largest absolute Gasteiger partial charge is 0.383 e. The molecule has 0 fully saturated rings. The molecule has 0 aliphatic heterocycles. The van der Waals surface area contributed by atoms with Crippen LogP contribution in [0.2, 0.25) is 0 Å². The third-order valence-corrected chi connectivity index (χ3v) is 7.73. The fourth-order valence-corrected chi connectivity index (χ4v) is 5.58. The molecule has 1 amide bonds. The number of nitrogens with two attached hydrogens (primary N) is 1. The number of nitrogens with zero attached hydrogens (tertiary/aromatic N) is 7. The van der Waals surface area contributed by atoms with Crippen LogP contribution < -0.4 is 11.1 Å². The highest BCUT2D eigenvalue weighted by Crippen LogP contribution is 2.38. The topological polar surface area (TPSA) is 129 Å². The summed E-state index contributed by atoms with van der Waals surface area (Å²) in [4.78, 5) is 30.1. The fraction of sp³-hybridized carbons (Fsp3) is 0.161. The Bertz CT molecular complexity index is 2040. The van der Waals surface area contributed by atoms with Crippen molar-refractivity contribution in [1.82, 2.24) is 39.6 Å². The average Bonchev–Trinajstić information content (AvgIpc) is 3.80. The number of alkyl halides is 4. The van der Waals surface area contributed by atoms with Crippen molar-refractivity contribution >= 4 is 22.9 Å². The van der Waals surface area contributed by atoms with Gasteiger partial charge in [-0.15, -0.1) is 0 Å². The van der Waals surface area contributed by atoms with Crippen LogP contribution in [-0.2, 0) is 6.42 Å². The number of hydrogen-bond acceptors (Lipinski definition) is 7. The van der Waals surface area contributed by atoms with E-state index in [1.54, 1.807) is 35.0 Å². The van der Waals surface area contributed by atoms with Gasteiger partial charge in [-0.25, -0.2) is 37.2 Å². The van der Waals surface area contributed by atoms with E-state index < -0.39 is 24.5 Å². The fourth-order valence-electron chi connectivity index (χ4n) is 5.58. The van der Waals surface area contributed by atoms with Crippen molar-refractivity contribution in [2.75, 3.05) is 5.73 Å². The van der Waals surface area contributed by atoms with Crippen molar-refractivity contribution < 1.29 is 22.4 Å². The number of carbonyl (C=O) groups is 1. The molecule has 0 unspecified atom stereocenters. The number of fused-ring (bicyclic) bond motifs is 2. The van der Waals surface area contributed by atoms with Crippen LogP contribution in [0.3, 0.4) is 0 Å². The van der Waals surface area contributed by atoms with Crippen molar-refractivity contribution in [3.63, 3.8) is 0 Å². The van der Waals surface area contributed by atoms with E-state index in [0.29, 0.717) is 24.1 Å². The van der Waals surface area contributed by atoms with Crippen LogP contribution >= 0.6 is 0 Å². The summed E-state index contributed by atoms with van der Waals surface area (Å²) < 4.78 is 57.7. The Morgan fingerprint density at radius 3 is 2.56 bits per heavy atom. The SMILES string of the molecule is Nc1ncccc1-c1nc2c(C(F)F)cc(-n3cccn3)nc2n1-c1ccc2c(c1)CC[C@@H]2NC(=O)c1ccc(C(F)F)nc1. The second-order valence-electron chi connectivity index (χ2n) is 10.4. The zero-order valence-corrected chi connectivity index (χ0v) is 23.3. The van der Waals surface area contributed by atoms with E-state index in [-0.39, 0.29) is 45.8 Å². The van der Waals surface area contributed by atoms with Crippen molar-refractivity contribution in [3.05, 3.63) is 107 Å². The number of nitrogens with one attached hydrogen (secondary N) is 1. The Kier molecular flexibility index (Phi) is 6.95. The summed E-state index contributed by atoms with van der Waals surface area (Å²) in [6.07, 6.45) is 1.42. The maximum absolute atomic E-state index is 14.4. The molecule has 1 aliphatic carbocycles. The lowest BCUT2D eigenvalue weighted by Crippen LogP contribution is -2.27. The smallest absolute Gasteiger partial charge is 0.280 e. The minimum Gasteiger partial charge on any atom is -0.383 e. The number of amides is 1. The first-order valence-electron chi connectivity index (χ1n) is 13.9. The van der Waals surface area contributed by atoms with Gasteiger partial charge in [-0.2, -0.15) is 5.10 Å². The number of aryl methyl sites for hydroxylation is 1. The van der Waals surface area contributed by atoms with Crippen LogP contribution in [0.5, 0.6) is 0 Å². The maximum atomic E-state index is 14.4. The molecule has 1 aliphatic rings. The van der Waals surface area contributed by atoms with Gasteiger partial charge in [0.25, 0.3) is 18.8 Å². The van der Waals surface area contributed by atoms with Crippen LogP contribution in [0, 0.1) is 0 Å². The molecule has 10 nitrogen and oxygen atoms in total. The first-order valence-corrected chi connectivity index (χ1v) is 13.9. The number of pyridine rings is 3. The monoisotopic (exact) mass is 613 g/mol. The number of benzene rings is 1. The number of nitrogen functional groups attached to an aromatic ring is 1. The highest BCUT2D eigenvalue weighted by molar-refractivity contribution is 5.94. The summed E-state index contributed by atoms with van der Waals surface area (Å²) in [5.74, 6) is 0.204. The van der Waals surface area contributed by atoms with Crippen molar-refractivity contribution in [1.29, 1.82) is 0 Å². The van der Waals surface area contributed by atoms with Gasteiger partial charge in [0.05, 0.1) is 22.7 Å². The predicted molar refractivity (Wildman–Crippen MR) is 156 cm³/mol. The number of imidazole rings is 1. The summed E-state index contributed by atoms with van der Waals surface area (Å²) in [6, 6.07) is 14.0. The molecule has 7 rings (SSSR count). The molecule has 1 atom stereocenters. The molecule has 0 radical (unpaired) electrons. The minimum atomic E-state index is -2.85. The van der Waals surface area contributed by atoms with E-state index in [1.807, 2.05) is 12.1 Å². The number of anilines is 1. The van der Waals surface area contributed by atoms with Crippen LogP contribution in [0.1, 0.15) is 58.1 Å². The number of carbonyl (C=O) groups excluding carboxylic acids is 1. The maximum Gasteiger partial charge on any atom is 0.280 e. The van der Waals surface area contributed by atoms with E-state index in [4.69, 9.17) is 10.7 Å². The van der Waals surface area contributed by atoms with Crippen molar-refractivity contribution in [2.24, 2.45) is 0 Å². The molecule has 5 heterocycles. The molecule has 45 heavy (non-hydrogen) atoms. The standard InChI is InChI=1S/C31H23F4N9O/c32-26(33)21-14-24(43-12-2-11-39-43)41-30-25(21)42-29(20-3-1-10-37-28(20)36)44(30)18-6-7-19-16(13-18)4-8-22(19)40-31(45)17-5-9-23(27(34)35)38-15-17/h1-3,5-7,9-15,22,26-27H,4,8H2,(H2,36,37)(H,40,45)/t22-/m0/s1. The van der Waals surface area contributed by atoms with Gasteiger partial charge in [-0.1, -0.05) is 6.07 Å². The number of aromatic nitrogens is 7.